The number of nitrogens with one attached hydrogen (secondary N) is 1. The van der Waals surface area contributed by atoms with Gasteiger partial charge in [0.2, 0.25) is 5.91 Å². The molecule has 0 unspecified atom stereocenters. The number of hydrogen-bond donors (Lipinski definition) is 1. The lowest BCUT2D eigenvalue weighted by Gasteiger charge is -2.17. The molecule has 0 bridgehead atoms. The van der Waals surface area contributed by atoms with E-state index in [-0.39, 0.29) is 17.7 Å². The van der Waals surface area contributed by atoms with Crippen LogP contribution in [0, 0.1) is 0 Å². The number of thiophene rings is 1. The molecule has 1 rings (SSSR count). The Hall–Kier alpha value is -1.20. The van der Waals surface area contributed by atoms with E-state index in [9.17, 15) is 9.59 Å². The van der Waals surface area contributed by atoms with Gasteiger partial charge in [0.15, 0.2) is 5.78 Å². The van der Waals surface area contributed by atoms with Gasteiger partial charge in [-0.25, -0.2) is 0 Å². The Morgan fingerprint density at radius 1 is 1.42 bits per heavy atom. The Balaban J connectivity index is 2.18. The summed E-state index contributed by atoms with van der Waals surface area (Å²) >= 11 is 1.48. The van der Waals surface area contributed by atoms with Crippen molar-refractivity contribution in [2.75, 3.05) is 20.1 Å². The molecule has 1 N–H and O–H groups in total. The van der Waals surface area contributed by atoms with E-state index in [1.54, 1.807) is 0 Å². The molecular formula is C14H22N2O2S. The van der Waals surface area contributed by atoms with Gasteiger partial charge < -0.3 is 5.32 Å². The highest BCUT2D eigenvalue weighted by Crippen LogP contribution is 2.12. The zero-order chi connectivity index (χ0) is 14.3. The third kappa shape index (κ3) is 6.50. The normalized spacial score (nSPS) is 11.0. The topological polar surface area (TPSA) is 49.4 Å². The van der Waals surface area contributed by atoms with Crippen molar-refractivity contribution in [1.29, 1.82) is 0 Å². The summed E-state index contributed by atoms with van der Waals surface area (Å²) in [6.45, 7) is 5.02. The minimum atomic E-state index is 0.0297. The second-order valence-corrected chi connectivity index (χ2v) is 5.91. The number of carbonyl (C=O) groups excluding carboxylic acids is 2. The fourth-order valence-corrected chi connectivity index (χ4v) is 2.46. The maximum absolute atomic E-state index is 11.8. The fourth-order valence-electron chi connectivity index (χ4n) is 1.76. The first kappa shape index (κ1) is 15.9. The van der Waals surface area contributed by atoms with Crippen LogP contribution in [0.25, 0.3) is 0 Å². The molecule has 0 aliphatic heterocycles. The van der Waals surface area contributed by atoms with Gasteiger partial charge in [-0.2, -0.15) is 0 Å². The maximum atomic E-state index is 11.8. The van der Waals surface area contributed by atoms with Gasteiger partial charge in [0.05, 0.1) is 11.4 Å². The van der Waals surface area contributed by atoms with Crippen LogP contribution < -0.4 is 5.32 Å². The number of hydrogen-bond acceptors (Lipinski definition) is 4. The summed E-state index contributed by atoms with van der Waals surface area (Å²) in [5, 5.41) is 4.76. The van der Waals surface area contributed by atoms with Gasteiger partial charge in [-0.3, -0.25) is 14.5 Å². The molecule has 0 aliphatic carbocycles. The van der Waals surface area contributed by atoms with Gasteiger partial charge in [0.1, 0.15) is 0 Å². The van der Waals surface area contributed by atoms with Crippen LogP contribution in [-0.4, -0.2) is 42.8 Å². The minimum Gasteiger partial charge on any atom is -0.353 e. The highest BCUT2D eigenvalue weighted by molar-refractivity contribution is 7.12. The van der Waals surface area contributed by atoms with Crippen molar-refractivity contribution in [2.24, 2.45) is 0 Å². The molecule has 1 heterocycles. The highest BCUT2D eigenvalue weighted by Gasteiger charge is 2.10. The molecule has 0 fully saturated rings. The Morgan fingerprint density at radius 3 is 2.74 bits per heavy atom. The third-order valence-electron chi connectivity index (χ3n) is 2.60. The first-order chi connectivity index (χ1) is 8.99. The molecule has 0 atom stereocenters. The predicted octanol–water partition coefficient (Wildman–Crippen LogP) is 2.17. The molecule has 1 amide bonds. The number of ketones is 1. The Bertz CT molecular complexity index is 402. The summed E-state index contributed by atoms with van der Waals surface area (Å²) in [5.74, 6) is 0.220. The van der Waals surface area contributed by atoms with Gasteiger partial charge >= 0.3 is 0 Å². The van der Waals surface area contributed by atoms with Crippen molar-refractivity contribution in [3.63, 3.8) is 0 Å². The monoisotopic (exact) mass is 282 g/mol. The summed E-state index contributed by atoms with van der Waals surface area (Å²) in [6.07, 6.45) is 1.32. The Morgan fingerprint density at radius 2 is 2.16 bits per heavy atom. The highest BCUT2D eigenvalue weighted by atomic mass is 32.1. The van der Waals surface area contributed by atoms with E-state index >= 15 is 0 Å². The number of amides is 1. The van der Waals surface area contributed by atoms with Crippen LogP contribution in [0.4, 0.5) is 0 Å². The zero-order valence-electron chi connectivity index (χ0n) is 11.8. The standard InChI is InChI=1S/C14H22N2O2S/c1-11(2)15-14(18)10-16(3)8-4-6-12(17)13-7-5-9-19-13/h5,7,9,11H,4,6,8,10H2,1-3H3,(H,15,18). The SMILES string of the molecule is CC(C)NC(=O)CN(C)CCCC(=O)c1cccs1. The van der Waals surface area contributed by atoms with Gasteiger partial charge in [-0.05, 0) is 45.3 Å². The van der Waals surface area contributed by atoms with Crippen LogP contribution in [0.5, 0.6) is 0 Å². The molecule has 0 aromatic carbocycles. The van der Waals surface area contributed by atoms with Crippen LogP contribution >= 0.6 is 11.3 Å². The molecule has 0 spiro atoms. The van der Waals surface area contributed by atoms with E-state index in [0.29, 0.717) is 13.0 Å². The average Bonchev–Trinajstić information content (AvgIpc) is 2.80. The molecule has 4 nitrogen and oxygen atoms in total. The van der Waals surface area contributed by atoms with Crippen molar-refractivity contribution >= 4 is 23.0 Å². The average molecular weight is 282 g/mol. The quantitative estimate of drug-likeness (QED) is 0.743. The van der Waals surface area contributed by atoms with E-state index in [2.05, 4.69) is 5.32 Å². The summed E-state index contributed by atoms with van der Waals surface area (Å²) < 4.78 is 0. The Labute approximate surface area is 118 Å². The van der Waals surface area contributed by atoms with Crippen LogP contribution in [0.1, 0.15) is 36.4 Å². The molecule has 1 aromatic rings. The molecule has 106 valence electrons. The molecule has 5 heteroatoms. The molecule has 0 saturated carbocycles. The molecule has 19 heavy (non-hydrogen) atoms. The summed E-state index contributed by atoms with van der Waals surface area (Å²) in [6, 6.07) is 3.91. The number of likely N-dealkylation sites (N-methyl/N-ethyl adjacent to an activating group) is 1. The molecule has 0 radical (unpaired) electrons. The van der Waals surface area contributed by atoms with Crippen molar-refractivity contribution in [1.82, 2.24) is 10.2 Å². The first-order valence-electron chi connectivity index (χ1n) is 6.53. The lowest BCUT2D eigenvalue weighted by Crippen LogP contribution is -2.38. The number of rotatable bonds is 8. The lowest BCUT2D eigenvalue weighted by molar-refractivity contribution is -0.122. The van der Waals surface area contributed by atoms with E-state index in [1.165, 1.54) is 11.3 Å². The van der Waals surface area contributed by atoms with Crippen molar-refractivity contribution in [3.05, 3.63) is 22.4 Å². The fraction of sp³-hybridized carbons (Fsp3) is 0.571. The lowest BCUT2D eigenvalue weighted by atomic mass is 10.2. The van der Waals surface area contributed by atoms with Gasteiger partial charge in [0, 0.05) is 12.5 Å². The summed E-state index contributed by atoms with van der Waals surface area (Å²) in [5.41, 5.74) is 0. The molecule has 0 aliphatic rings. The van der Waals surface area contributed by atoms with Gasteiger partial charge in [-0.15, -0.1) is 11.3 Å². The van der Waals surface area contributed by atoms with E-state index in [0.717, 1.165) is 17.8 Å². The predicted molar refractivity (Wildman–Crippen MR) is 78.7 cm³/mol. The van der Waals surface area contributed by atoms with Crippen LogP contribution in [0.15, 0.2) is 17.5 Å². The van der Waals surface area contributed by atoms with Crippen molar-refractivity contribution < 1.29 is 9.59 Å². The number of nitrogens with zero attached hydrogens (tertiary/aromatic N) is 1. The van der Waals surface area contributed by atoms with E-state index in [1.807, 2.05) is 43.3 Å². The smallest absolute Gasteiger partial charge is 0.234 e. The van der Waals surface area contributed by atoms with Crippen LogP contribution in [0.2, 0.25) is 0 Å². The summed E-state index contributed by atoms with van der Waals surface area (Å²) in [4.78, 5) is 26.1. The number of Topliss-reactive ketones (excluding diaryl/α,β-unsaturated/α-hetero) is 1. The maximum Gasteiger partial charge on any atom is 0.234 e. The Kier molecular flexibility index (Phi) is 6.73. The van der Waals surface area contributed by atoms with Crippen LogP contribution in [-0.2, 0) is 4.79 Å². The first-order valence-corrected chi connectivity index (χ1v) is 7.41. The van der Waals surface area contributed by atoms with E-state index < -0.39 is 0 Å². The summed E-state index contributed by atoms with van der Waals surface area (Å²) in [7, 11) is 1.90. The number of carbonyl (C=O) groups is 2. The molecular weight excluding hydrogens is 260 g/mol. The van der Waals surface area contributed by atoms with Crippen molar-refractivity contribution in [3.8, 4) is 0 Å². The largest absolute Gasteiger partial charge is 0.353 e. The van der Waals surface area contributed by atoms with Crippen LogP contribution in [0.3, 0.4) is 0 Å². The van der Waals surface area contributed by atoms with Crippen molar-refractivity contribution in [2.45, 2.75) is 32.7 Å². The third-order valence-corrected chi connectivity index (χ3v) is 3.51. The van der Waals surface area contributed by atoms with Gasteiger partial charge in [-0.1, -0.05) is 6.07 Å². The molecule has 1 aromatic heterocycles. The second-order valence-electron chi connectivity index (χ2n) is 4.96. The van der Waals surface area contributed by atoms with E-state index in [4.69, 9.17) is 0 Å². The second kappa shape index (κ2) is 8.07. The molecule has 0 saturated heterocycles. The zero-order valence-corrected chi connectivity index (χ0v) is 12.6. The minimum absolute atomic E-state index is 0.0297. The van der Waals surface area contributed by atoms with Gasteiger partial charge in [0.25, 0.3) is 0 Å².